The van der Waals surface area contributed by atoms with Crippen LogP contribution in [0.5, 0.6) is 5.75 Å². The Morgan fingerprint density at radius 3 is 2.20 bits per heavy atom. The van der Waals surface area contributed by atoms with E-state index in [4.69, 9.17) is 13.8 Å². The fraction of sp³-hybridized carbons (Fsp3) is 0.739. The molecular formula is C23H35NO5P+. The number of phosphoric acid groups is 1. The first-order valence-corrected chi connectivity index (χ1v) is 13.0. The van der Waals surface area contributed by atoms with Crippen LogP contribution in [0.2, 0.25) is 0 Å². The second kappa shape index (κ2) is 7.90. The van der Waals surface area contributed by atoms with E-state index in [1.54, 1.807) is 0 Å². The highest BCUT2D eigenvalue weighted by Crippen LogP contribution is 2.60. The van der Waals surface area contributed by atoms with Gasteiger partial charge in [-0.2, -0.15) is 0 Å². The first-order chi connectivity index (χ1) is 14.3. The van der Waals surface area contributed by atoms with Crippen LogP contribution in [0.1, 0.15) is 44.1 Å². The number of likely N-dealkylation sites (N-methyl/N-ethyl adjacent to an activating group) is 1. The third-order valence-corrected chi connectivity index (χ3v) is 9.11. The first-order valence-electron chi connectivity index (χ1n) is 11.5. The third-order valence-electron chi connectivity index (χ3n) is 8.16. The molecule has 1 aromatic carbocycles. The molecule has 0 spiro atoms. The number of nitrogens with zero attached hydrogens (tertiary/aromatic N) is 1. The molecule has 166 valence electrons. The number of phosphoric ester groups is 1. The van der Waals surface area contributed by atoms with E-state index in [1.807, 2.05) is 12.1 Å². The SMILES string of the molecule is C[N+]1(CCOP(=O)(O)Oc2ccc(C34CC5CC(CC(C5)C3)C4)cc2)CCOCC1. The van der Waals surface area contributed by atoms with Crippen LogP contribution in [-0.2, 0) is 19.2 Å². The van der Waals surface area contributed by atoms with Crippen LogP contribution in [0.3, 0.4) is 0 Å². The number of hydrogen-bond donors (Lipinski definition) is 1. The van der Waals surface area contributed by atoms with Gasteiger partial charge in [-0.25, -0.2) is 4.57 Å². The van der Waals surface area contributed by atoms with Crippen LogP contribution in [0, 0.1) is 17.8 Å². The van der Waals surface area contributed by atoms with Crippen LogP contribution in [0.4, 0.5) is 0 Å². The summed E-state index contributed by atoms with van der Waals surface area (Å²) < 4.78 is 29.2. The van der Waals surface area contributed by atoms with E-state index in [-0.39, 0.29) is 6.61 Å². The van der Waals surface area contributed by atoms with Crippen molar-refractivity contribution in [2.45, 2.75) is 43.9 Å². The molecule has 5 aliphatic rings. The van der Waals surface area contributed by atoms with Crippen molar-refractivity contribution in [1.82, 2.24) is 0 Å². The molecule has 0 aromatic heterocycles. The monoisotopic (exact) mass is 436 g/mol. The molecule has 1 N–H and O–H groups in total. The van der Waals surface area contributed by atoms with Crippen LogP contribution < -0.4 is 4.52 Å². The van der Waals surface area contributed by atoms with Gasteiger partial charge in [-0.3, -0.25) is 9.42 Å². The number of rotatable bonds is 7. The van der Waals surface area contributed by atoms with E-state index >= 15 is 0 Å². The molecule has 30 heavy (non-hydrogen) atoms. The van der Waals surface area contributed by atoms with Crippen LogP contribution in [-0.4, -0.2) is 55.9 Å². The zero-order valence-electron chi connectivity index (χ0n) is 18.0. The van der Waals surface area contributed by atoms with Crippen molar-refractivity contribution in [2.75, 3.05) is 46.5 Å². The first kappa shape index (κ1) is 21.0. The summed E-state index contributed by atoms with van der Waals surface area (Å²) in [7, 11) is -2.00. The number of benzene rings is 1. The van der Waals surface area contributed by atoms with E-state index in [0.717, 1.165) is 48.5 Å². The smallest absolute Gasteiger partial charge is 0.404 e. The number of hydrogen-bond acceptors (Lipinski definition) is 4. The molecule has 4 aliphatic carbocycles. The van der Waals surface area contributed by atoms with Crippen molar-refractivity contribution >= 4 is 7.82 Å². The molecule has 1 unspecified atom stereocenters. The minimum atomic E-state index is -4.13. The summed E-state index contributed by atoms with van der Waals surface area (Å²) in [4.78, 5) is 10.2. The van der Waals surface area contributed by atoms with Crippen molar-refractivity contribution in [3.05, 3.63) is 29.8 Å². The van der Waals surface area contributed by atoms with E-state index < -0.39 is 7.82 Å². The Morgan fingerprint density at radius 1 is 1.07 bits per heavy atom. The maximum Gasteiger partial charge on any atom is 0.527 e. The summed E-state index contributed by atoms with van der Waals surface area (Å²) in [6.45, 7) is 4.09. The molecule has 4 saturated carbocycles. The molecule has 1 saturated heterocycles. The molecule has 5 fully saturated rings. The molecule has 0 amide bonds. The molecule has 0 radical (unpaired) electrons. The maximum atomic E-state index is 12.4. The topological polar surface area (TPSA) is 65.0 Å². The molecule has 6 nitrogen and oxygen atoms in total. The molecule has 1 heterocycles. The van der Waals surface area contributed by atoms with Gasteiger partial charge in [0.25, 0.3) is 0 Å². The summed E-state index contributed by atoms with van der Waals surface area (Å²) in [5, 5.41) is 0. The Balaban J connectivity index is 1.18. The van der Waals surface area contributed by atoms with Crippen molar-refractivity contribution in [3.8, 4) is 5.75 Å². The van der Waals surface area contributed by atoms with Gasteiger partial charge < -0.3 is 13.7 Å². The highest BCUT2D eigenvalue weighted by Gasteiger charge is 2.51. The Labute approximate surface area is 179 Å². The predicted molar refractivity (Wildman–Crippen MR) is 114 cm³/mol. The Kier molecular flexibility index (Phi) is 5.52. The van der Waals surface area contributed by atoms with Crippen molar-refractivity contribution in [2.24, 2.45) is 17.8 Å². The average Bonchev–Trinajstić information content (AvgIpc) is 2.67. The third kappa shape index (κ3) is 4.35. The van der Waals surface area contributed by atoms with Gasteiger partial charge in [0.2, 0.25) is 0 Å². The molecule has 4 bridgehead atoms. The lowest BCUT2D eigenvalue weighted by Gasteiger charge is -2.57. The molecule has 1 atom stereocenters. The van der Waals surface area contributed by atoms with Gasteiger partial charge in [-0.05, 0) is 79.4 Å². The maximum absolute atomic E-state index is 12.4. The largest absolute Gasteiger partial charge is 0.527 e. The second-order valence-electron chi connectivity index (χ2n) is 10.5. The lowest BCUT2D eigenvalue weighted by molar-refractivity contribution is -0.916. The van der Waals surface area contributed by atoms with Gasteiger partial charge in [0.15, 0.2) is 0 Å². The standard InChI is InChI=1S/C23H34NO5P/c1-24(6-9-27-10-7-24)8-11-28-30(25,26)29-22-4-2-21(3-5-22)23-15-18-12-19(16-23)14-20(13-18)17-23/h2-5,18-20H,6-17H2,1H3/p+1. The van der Waals surface area contributed by atoms with E-state index in [2.05, 4.69) is 19.2 Å². The summed E-state index contributed by atoms with van der Waals surface area (Å²) >= 11 is 0. The second-order valence-corrected chi connectivity index (χ2v) is 11.9. The summed E-state index contributed by atoms with van der Waals surface area (Å²) in [5.74, 6) is 3.10. The van der Waals surface area contributed by atoms with Gasteiger partial charge in [0.1, 0.15) is 32.0 Å². The fourth-order valence-electron chi connectivity index (χ4n) is 6.88. The lowest BCUT2D eigenvalue weighted by atomic mass is 9.48. The summed E-state index contributed by atoms with van der Waals surface area (Å²) in [6, 6.07) is 7.91. The predicted octanol–water partition coefficient (Wildman–Crippen LogP) is 4.13. The number of morpholine rings is 1. The molecule has 6 rings (SSSR count). The highest BCUT2D eigenvalue weighted by molar-refractivity contribution is 7.47. The molecule has 7 heteroatoms. The Bertz CT molecular complexity index is 769. The van der Waals surface area contributed by atoms with Gasteiger partial charge in [-0.1, -0.05) is 12.1 Å². The number of ether oxygens (including phenoxy) is 1. The average molecular weight is 437 g/mol. The van der Waals surface area contributed by atoms with Gasteiger partial charge in [-0.15, -0.1) is 0 Å². The van der Waals surface area contributed by atoms with Gasteiger partial charge in [0, 0.05) is 0 Å². The van der Waals surface area contributed by atoms with Crippen molar-refractivity contribution < 1.29 is 27.7 Å². The van der Waals surface area contributed by atoms with Crippen molar-refractivity contribution in [3.63, 3.8) is 0 Å². The minimum absolute atomic E-state index is 0.190. The van der Waals surface area contributed by atoms with Crippen LogP contribution in [0.25, 0.3) is 0 Å². The highest BCUT2D eigenvalue weighted by atomic mass is 31.2. The summed E-state index contributed by atoms with van der Waals surface area (Å²) in [6.07, 6.45) is 8.21. The van der Waals surface area contributed by atoms with Crippen LogP contribution in [0.15, 0.2) is 24.3 Å². The Morgan fingerprint density at radius 2 is 1.63 bits per heavy atom. The summed E-state index contributed by atoms with van der Waals surface area (Å²) in [5.41, 5.74) is 1.71. The zero-order chi connectivity index (χ0) is 20.8. The van der Waals surface area contributed by atoms with Gasteiger partial charge in [0.05, 0.1) is 20.3 Å². The molecular weight excluding hydrogens is 401 g/mol. The zero-order valence-corrected chi connectivity index (χ0v) is 18.9. The Hall–Kier alpha value is -0.910. The molecule has 1 aromatic rings. The lowest BCUT2D eigenvalue weighted by Crippen LogP contribution is -2.53. The normalized spacial score (nSPS) is 36.4. The van der Waals surface area contributed by atoms with E-state index in [0.29, 0.717) is 17.7 Å². The van der Waals surface area contributed by atoms with E-state index in [1.165, 1.54) is 44.1 Å². The van der Waals surface area contributed by atoms with Crippen LogP contribution >= 0.6 is 7.82 Å². The number of quaternary nitrogens is 1. The van der Waals surface area contributed by atoms with E-state index in [9.17, 15) is 9.46 Å². The van der Waals surface area contributed by atoms with Crippen molar-refractivity contribution in [1.29, 1.82) is 0 Å². The fourth-order valence-corrected chi connectivity index (χ4v) is 7.63. The minimum Gasteiger partial charge on any atom is -0.404 e. The molecule has 1 aliphatic heterocycles. The van der Waals surface area contributed by atoms with Gasteiger partial charge >= 0.3 is 7.82 Å². The quantitative estimate of drug-likeness (QED) is 0.514.